The minimum Gasteiger partial charge on any atom is -0.494 e. The first-order valence-electron chi connectivity index (χ1n) is 11.8. The molecule has 0 saturated carbocycles. The largest absolute Gasteiger partial charge is 0.494 e. The molecule has 0 fully saturated rings. The van der Waals surface area contributed by atoms with Crippen molar-refractivity contribution in [2.24, 2.45) is 4.99 Å². The van der Waals surface area contributed by atoms with E-state index in [1.165, 1.54) is 7.11 Å². The first kappa shape index (κ1) is 25.8. The Kier molecular flexibility index (Phi) is 8.12. The maximum absolute atomic E-state index is 12.5. The number of benzene rings is 3. The molecule has 0 aliphatic carbocycles. The summed E-state index contributed by atoms with van der Waals surface area (Å²) in [5, 5.41) is 11.6. The van der Waals surface area contributed by atoms with Crippen LogP contribution in [0.25, 0.3) is 10.9 Å². The number of esters is 1. The van der Waals surface area contributed by atoms with Crippen LogP contribution in [0.4, 0.5) is 5.69 Å². The number of aliphatic imine (C=N–C) groups is 1. The third-order valence-corrected chi connectivity index (χ3v) is 5.83. The van der Waals surface area contributed by atoms with Crippen LogP contribution < -0.4 is 0 Å². The molecule has 8 heteroatoms. The van der Waals surface area contributed by atoms with Crippen molar-refractivity contribution in [3.05, 3.63) is 95.1 Å². The number of H-pyrrole nitrogens is 1. The summed E-state index contributed by atoms with van der Waals surface area (Å²) >= 11 is 0. The summed E-state index contributed by atoms with van der Waals surface area (Å²) in [6, 6.07) is 21.5. The number of nitrogens with zero attached hydrogens (tertiary/aromatic N) is 2. The number of Topliss-reactive ketones (excluding diaryl/α,β-unsaturated/α-hetero) is 1. The van der Waals surface area contributed by atoms with E-state index in [9.17, 15) is 14.7 Å². The number of likely N-dealkylation sites (N-methyl/N-ethyl adjacent to an activating group) is 1. The smallest absolute Gasteiger partial charge is 0.337 e. The van der Waals surface area contributed by atoms with Crippen molar-refractivity contribution >= 4 is 34.1 Å². The number of ether oxygens (including phenoxy) is 2. The second-order valence-corrected chi connectivity index (χ2v) is 8.75. The van der Waals surface area contributed by atoms with Crippen LogP contribution >= 0.6 is 0 Å². The van der Waals surface area contributed by atoms with Crippen LogP contribution in [-0.4, -0.2) is 73.4 Å². The lowest BCUT2D eigenvalue weighted by atomic mass is 10.00. The van der Waals surface area contributed by atoms with Gasteiger partial charge in [-0.2, -0.15) is 0 Å². The zero-order chi connectivity index (χ0) is 26.4. The summed E-state index contributed by atoms with van der Waals surface area (Å²) in [7, 11) is 5.22. The van der Waals surface area contributed by atoms with Crippen molar-refractivity contribution in [2.75, 3.05) is 41.0 Å². The van der Waals surface area contributed by atoms with Crippen LogP contribution in [0.1, 0.15) is 31.8 Å². The van der Waals surface area contributed by atoms with Gasteiger partial charge in [0.15, 0.2) is 11.7 Å². The number of fused-ring (bicyclic) bond motifs is 1. The molecule has 0 aliphatic heterocycles. The first-order chi connectivity index (χ1) is 17.9. The summed E-state index contributed by atoms with van der Waals surface area (Å²) in [5.41, 5.74) is 3.94. The highest BCUT2D eigenvalue weighted by Crippen LogP contribution is 2.32. The minimum atomic E-state index is -0.466. The van der Waals surface area contributed by atoms with Crippen molar-refractivity contribution in [3.8, 4) is 5.88 Å². The number of aromatic nitrogens is 1. The van der Waals surface area contributed by atoms with Crippen molar-refractivity contribution in [3.63, 3.8) is 0 Å². The van der Waals surface area contributed by atoms with Crippen molar-refractivity contribution < 1.29 is 24.2 Å². The topological polar surface area (TPSA) is 104 Å². The molecule has 0 saturated heterocycles. The number of methoxy groups -OCH3 is 1. The molecule has 3 aromatic carbocycles. The van der Waals surface area contributed by atoms with Gasteiger partial charge in [0.25, 0.3) is 0 Å². The summed E-state index contributed by atoms with van der Waals surface area (Å²) in [6.07, 6.45) is 0. The summed E-state index contributed by atoms with van der Waals surface area (Å²) < 4.78 is 10.3. The Morgan fingerprint density at radius 3 is 2.32 bits per heavy atom. The van der Waals surface area contributed by atoms with Crippen molar-refractivity contribution in [1.29, 1.82) is 0 Å². The van der Waals surface area contributed by atoms with Crippen molar-refractivity contribution in [2.45, 2.75) is 0 Å². The lowest BCUT2D eigenvalue weighted by Crippen LogP contribution is -2.20. The molecular weight excluding hydrogens is 470 g/mol. The molecule has 2 N–H and O–H groups in total. The van der Waals surface area contributed by atoms with Crippen molar-refractivity contribution in [1.82, 2.24) is 9.88 Å². The average molecular weight is 500 g/mol. The lowest BCUT2D eigenvalue weighted by Gasteiger charge is -2.10. The Labute approximate surface area is 215 Å². The lowest BCUT2D eigenvalue weighted by molar-refractivity contribution is 0.0600. The summed E-state index contributed by atoms with van der Waals surface area (Å²) in [4.78, 5) is 34.2. The van der Waals surface area contributed by atoms with Gasteiger partial charge in [0.05, 0.1) is 36.2 Å². The number of aromatic amines is 1. The maximum Gasteiger partial charge on any atom is 0.337 e. The molecule has 0 amide bonds. The first-order valence-corrected chi connectivity index (χ1v) is 11.8. The Morgan fingerprint density at radius 1 is 0.946 bits per heavy atom. The SMILES string of the molecule is COC(=O)c1ccc2c(C(=Nc3ccc(C(=O)COCCN(C)C)cc3)c3ccccc3)c(O)[nH]c2c1. The highest BCUT2D eigenvalue weighted by molar-refractivity contribution is 6.22. The van der Waals surface area contributed by atoms with Gasteiger partial charge in [0.2, 0.25) is 0 Å². The van der Waals surface area contributed by atoms with E-state index in [1.54, 1.807) is 42.5 Å². The van der Waals surface area contributed by atoms with E-state index in [0.717, 1.165) is 12.1 Å². The molecule has 0 atom stereocenters. The third-order valence-electron chi connectivity index (χ3n) is 5.83. The monoisotopic (exact) mass is 499 g/mol. The Balaban J connectivity index is 1.67. The number of nitrogens with one attached hydrogen (secondary N) is 1. The highest BCUT2D eigenvalue weighted by atomic mass is 16.5. The molecule has 0 aliphatic rings. The van der Waals surface area contributed by atoms with Gasteiger partial charge >= 0.3 is 5.97 Å². The Hall–Kier alpha value is -4.27. The van der Waals surface area contributed by atoms with Crippen LogP contribution in [0.2, 0.25) is 0 Å². The normalized spacial score (nSPS) is 11.7. The van der Waals surface area contributed by atoms with Gasteiger partial charge < -0.3 is 24.5 Å². The molecule has 1 heterocycles. The van der Waals surface area contributed by atoms with E-state index in [2.05, 4.69) is 4.98 Å². The fourth-order valence-corrected chi connectivity index (χ4v) is 3.87. The predicted molar refractivity (Wildman–Crippen MR) is 143 cm³/mol. The standard InChI is InChI=1S/C29H29N3O5/c1-32(2)15-16-37-18-25(33)19-9-12-22(13-10-19)30-27(20-7-5-4-6-8-20)26-23-14-11-21(29(35)36-3)17-24(23)31-28(26)34/h4-14,17,31,34H,15-16,18H2,1-3H3. The van der Waals surface area contributed by atoms with Gasteiger partial charge in [0, 0.05) is 28.6 Å². The van der Waals surface area contributed by atoms with Gasteiger partial charge in [0.1, 0.15) is 6.61 Å². The van der Waals surface area contributed by atoms with E-state index >= 15 is 0 Å². The number of hydrogen-bond donors (Lipinski definition) is 2. The van der Waals surface area contributed by atoms with E-state index in [-0.39, 0.29) is 18.3 Å². The number of rotatable bonds is 10. The molecule has 0 spiro atoms. The second kappa shape index (κ2) is 11.6. The molecule has 4 rings (SSSR count). The molecule has 8 nitrogen and oxygen atoms in total. The average Bonchev–Trinajstić information content (AvgIpc) is 3.24. The van der Waals surface area contributed by atoms with Gasteiger partial charge in [-0.05, 0) is 50.5 Å². The highest BCUT2D eigenvalue weighted by Gasteiger charge is 2.20. The van der Waals surface area contributed by atoms with Gasteiger partial charge in [-0.15, -0.1) is 0 Å². The fraction of sp³-hybridized carbons (Fsp3) is 0.207. The molecule has 190 valence electrons. The van der Waals surface area contributed by atoms with E-state index in [1.807, 2.05) is 49.3 Å². The van der Waals surface area contributed by atoms with E-state index < -0.39 is 5.97 Å². The van der Waals surface area contributed by atoms with Gasteiger partial charge in [-0.3, -0.25) is 4.79 Å². The molecule has 1 aromatic heterocycles. The molecule has 0 bridgehead atoms. The molecule has 37 heavy (non-hydrogen) atoms. The third kappa shape index (κ3) is 6.11. The molecule has 4 aromatic rings. The predicted octanol–water partition coefficient (Wildman–Crippen LogP) is 4.59. The number of aromatic hydroxyl groups is 1. The van der Waals surface area contributed by atoms with Gasteiger partial charge in [-0.25, -0.2) is 9.79 Å². The van der Waals surface area contributed by atoms with E-state index in [4.69, 9.17) is 14.5 Å². The van der Waals surface area contributed by atoms with Crippen LogP contribution in [0, 0.1) is 0 Å². The fourth-order valence-electron chi connectivity index (χ4n) is 3.87. The van der Waals surface area contributed by atoms with Crippen LogP contribution in [0.5, 0.6) is 5.88 Å². The number of carbonyl (C=O) groups is 2. The van der Waals surface area contributed by atoms with Crippen LogP contribution in [0.15, 0.2) is 77.8 Å². The summed E-state index contributed by atoms with van der Waals surface area (Å²) in [5.74, 6) is -0.637. The van der Waals surface area contributed by atoms with Crippen LogP contribution in [0.3, 0.4) is 0 Å². The molecule has 0 radical (unpaired) electrons. The Bertz CT molecular complexity index is 1420. The van der Waals surface area contributed by atoms with Gasteiger partial charge in [-0.1, -0.05) is 36.4 Å². The maximum atomic E-state index is 12.5. The number of ketones is 1. The number of hydrogen-bond acceptors (Lipinski definition) is 7. The van der Waals surface area contributed by atoms with E-state index in [0.29, 0.717) is 45.6 Å². The van der Waals surface area contributed by atoms with Crippen LogP contribution in [-0.2, 0) is 9.47 Å². The molecular formula is C29H29N3O5. The quantitative estimate of drug-likeness (QED) is 0.143. The summed E-state index contributed by atoms with van der Waals surface area (Å²) in [6.45, 7) is 1.24. The number of carbonyl (C=O) groups excluding carboxylic acids is 2. The zero-order valence-corrected chi connectivity index (χ0v) is 21.0. The minimum absolute atomic E-state index is 0.0164. The molecule has 0 unspecified atom stereocenters. The zero-order valence-electron chi connectivity index (χ0n) is 21.0. The Morgan fingerprint density at radius 2 is 1.65 bits per heavy atom. The second-order valence-electron chi connectivity index (χ2n) is 8.75.